The Morgan fingerprint density at radius 2 is 1.78 bits per heavy atom. The molecule has 4 heteroatoms. The summed E-state index contributed by atoms with van der Waals surface area (Å²) >= 11 is 0. The Morgan fingerprint density at radius 1 is 1.11 bits per heavy atom. The van der Waals surface area contributed by atoms with Crippen LogP contribution in [0.25, 0.3) is 0 Å². The van der Waals surface area contributed by atoms with Gasteiger partial charge in [0.25, 0.3) is 0 Å². The minimum atomic E-state index is 0.303. The van der Waals surface area contributed by atoms with Crippen molar-refractivity contribution < 1.29 is 0 Å². The molecular formula is C14H30N4. The van der Waals surface area contributed by atoms with Crippen LogP contribution in [0.15, 0.2) is 0 Å². The molecule has 0 bridgehead atoms. The second-order valence-electron chi connectivity index (χ2n) is 6.61. The van der Waals surface area contributed by atoms with Gasteiger partial charge in [-0.2, -0.15) is 0 Å². The van der Waals surface area contributed by atoms with Crippen molar-refractivity contribution in [3.8, 4) is 0 Å². The summed E-state index contributed by atoms with van der Waals surface area (Å²) in [5, 5.41) is 3.44. The molecular weight excluding hydrogens is 224 g/mol. The summed E-state index contributed by atoms with van der Waals surface area (Å²) in [6, 6.07) is 0.692. The molecule has 2 aliphatic rings. The van der Waals surface area contributed by atoms with E-state index in [1.807, 2.05) is 0 Å². The lowest BCUT2D eigenvalue weighted by Gasteiger charge is -2.46. The highest BCUT2D eigenvalue weighted by atomic mass is 15.3. The highest BCUT2D eigenvalue weighted by molar-refractivity contribution is 4.89. The number of piperazine rings is 2. The molecule has 2 heterocycles. The first kappa shape index (κ1) is 14.3. The van der Waals surface area contributed by atoms with Gasteiger partial charge in [-0.3, -0.25) is 9.80 Å². The molecule has 2 aliphatic heterocycles. The summed E-state index contributed by atoms with van der Waals surface area (Å²) in [6.07, 6.45) is 0. The van der Waals surface area contributed by atoms with Gasteiger partial charge in [-0.25, -0.2) is 0 Å². The Labute approximate surface area is 112 Å². The highest BCUT2D eigenvalue weighted by Gasteiger charge is 2.31. The van der Waals surface area contributed by atoms with E-state index < -0.39 is 0 Å². The lowest BCUT2D eigenvalue weighted by molar-refractivity contribution is 0.0311. The Hall–Kier alpha value is -0.160. The van der Waals surface area contributed by atoms with Crippen LogP contribution in [0.5, 0.6) is 0 Å². The standard InChI is InChI=1S/C14H30N4/c1-13-11-17(10-9-16(13)4)12-14(2,3)18-7-5-15-6-8-18/h13,15H,5-12H2,1-4H3. The summed E-state index contributed by atoms with van der Waals surface area (Å²) in [6.45, 7) is 16.6. The third kappa shape index (κ3) is 3.44. The molecule has 2 fully saturated rings. The summed E-state index contributed by atoms with van der Waals surface area (Å²) in [4.78, 5) is 7.76. The third-order valence-corrected chi connectivity index (χ3v) is 4.63. The van der Waals surface area contributed by atoms with Gasteiger partial charge < -0.3 is 10.2 Å². The molecule has 1 N–H and O–H groups in total. The maximum atomic E-state index is 3.44. The summed E-state index contributed by atoms with van der Waals surface area (Å²) in [5.74, 6) is 0. The second kappa shape index (κ2) is 5.87. The normalized spacial score (nSPS) is 29.7. The van der Waals surface area contributed by atoms with Gasteiger partial charge in [0.1, 0.15) is 0 Å². The van der Waals surface area contributed by atoms with Gasteiger partial charge in [0.2, 0.25) is 0 Å². The van der Waals surface area contributed by atoms with Gasteiger partial charge in [0.05, 0.1) is 0 Å². The van der Waals surface area contributed by atoms with Crippen LogP contribution in [0.3, 0.4) is 0 Å². The fourth-order valence-electron chi connectivity index (χ4n) is 3.18. The topological polar surface area (TPSA) is 21.8 Å². The van der Waals surface area contributed by atoms with E-state index >= 15 is 0 Å². The molecule has 2 rings (SSSR count). The van der Waals surface area contributed by atoms with E-state index in [4.69, 9.17) is 0 Å². The quantitative estimate of drug-likeness (QED) is 0.782. The molecule has 0 amide bonds. The van der Waals surface area contributed by atoms with Crippen molar-refractivity contribution in [3.05, 3.63) is 0 Å². The van der Waals surface area contributed by atoms with Gasteiger partial charge in [-0.15, -0.1) is 0 Å². The minimum absolute atomic E-state index is 0.303. The molecule has 2 saturated heterocycles. The van der Waals surface area contributed by atoms with Gasteiger partial charge in [0.15, 0.2) is 0 Å². The van der Waals surface area contributed by atoms with Crippen LogP contribution in [-0.4, -0.2) is 85.7 Å². The Balaban J connectivity index is 1.87. The van der Waals surface area contributed by atoms with Crippen molar-refractivity contribution in [2.45, 2.75) is 32.4 Å². The molecule has 0 aromatic carbocycles. The van der Waals surface area contributed by atoms with Crippen LogP contribution in [0.1, 0.15) is 20.8 Å². The molecule has 1 atom stereocenters. The first-order chi connectivity index (χ1) is 8.49. The largest absolute Gasteiger partial charge is 0.314 e. The van der Waals surface area contributed by atoms with Crippen LogP contribution in [0.2, 0.25) is 0 Å². The average Bonchev–Trinajstić information content (AvgIpc) is 2.35. The molecule has 1 unspecified atom stereocenters. The maximum Gasteiger partial charge on any atom is 0.0281 e. The molecule has 4 nitrogen and oxygen atoms in total. The predicted molar refractivity (Wildman–Crippen MR) is 77.1 cm³/mol. The Morgan fingerprint density at radius 3 is 2.39 bits per heavy atom. The fraction of sp³-hybridized carbons (Fsp3) is 1.00. The smallest absolute Gasteiger partial charge is 0.0281 e. The number of hydrogen-bond acceptors (Lipinski definition) is 4. The van der Waals surface area contributed by atoms with Crippen molar-refractivity contribution in [2.24, 2.45) is 0 Å². The molecule has 0 aromatic rings. The number of nitrogens with zero attached hydrogens (tertiary/aromatic N) is 3. The van der Waals surface area contributed by atoms with E-state index in [0.717, 1.165) is 13.1 Å². The zero-order chi connectivity index (χ0) is 13.2. The van der Waals surface area contributed by atoms with Crippen molar-refractivity contribution in [2.75, 3.05) is 59.4 Å². The summed E-state index contributed by atoms with van der Waals surface area (Å²) in [7, 11) is 2.24. The highest BCUT2D eigenvalue weighted by Crippen LogP contribution is 2.18. The van der Waals surface area contributed by atoms with Crippen molar-refractivity contribution in [1.82, 2.24) is 20.0 Å². The van der Waals surface area contributed by atoms with Gasteiger partial charge in [0, 0.05) is 63.9 Å². The number of likely N-dealkylation sites (N-methyl/N-ethyl adjacent to an activating group) is 1. The van der Waals surface area contributed by atoms with Crippen LogP contribution in [-0.2, 0) is 0 Å². The monoisotopic (exact) mass is 254 g/mol. The lowest BCUT2D eigenvalue weighted by Crippen LogP contribution is -2.60. The van der Waals surface area contributed by atoms with E-state index in [1.54, 1.807) is 0 Å². The zero-order valence-corrected chi connectivity index (χ0v) is 12.6. The number of rotatable bonds is 3. The maximum absolute atomic E-state index is 3.44. The van der Waals surface area contributed by atoms with Gasteiger partial charge in [-0.1, -0.05) is 0 Å². The SMILES string of the molecule is CC1CN(CC(C)(C)N2CCNCC2)CCN1C. The van der Waals surface area contributed by atoms with E-state index in [0.29, 0.717) is 11.6 Å². The molecule has 0 aromatic heterocycles. The van der Waals surface area contributed by atoms with E-state index in [-0.39, 0.29) is 0 Å². The Bertz CT molecular complexity index is 261. The molecule has 0 saturated carbocycles. The Kier molecular flexibility index (Phi) is 4.64. The predicted octanol–water partition coefficient (Wildman–Crippen LogP) is 0.306. The molecule has 0 aliphatic carbocycles. The van der Waals surface area contributed by atoms with Crippen molar-refractivity contribution in [3.63, 3.8) is 0 Å². The first-order valence-electron chi connectivity index (χ1n) is 7.37. The number of nitrogens with one attached hydrogen (secondary N) is 1. The van der Waals surface area contributed by atoms with Gasteiger partial charge in [-0.05, 0) is 27.8 Å². The van der Waals surface area contributed by atoms with Crippen LogP contribution >= 0.6 is 0 Å². The molecule has 106 valence electrons. The molecule has 0 radical (unpaired) electrons. The van der Waals surface area contributed by atoms with E-state index in [9.17, 15) is 0 Å². The molecule has 18 heavy (non-hydrogen) atoms. The van der Waals surface area contributed by atoms with Crippen LogP contribution in [0, 0.1) is 0 Å². The third-order valence-electron chi connectivity index (χ3n) is 4.63. The van der Waals surface area contributed by atoms with E-state index in [2.05, 4.69) is 47.8 Å². The van der Waals surface area contributed by atoms with E-state index in [1.165, 1.54) is 39.3 Å². The zero-order valence-electron chi connectivity index (χ0n) is 12.6. The fourth-order valence-corrected chi connectivity index (χ4v) is 3.18. The summed E-state index contributed by atoms with van der Waals surface area (Å²) < 4.78 is 0. The average molecular weight is 254 g/mol. The van der Waals surface area contributed by atoms with Crippen LogP contribution < -0.4 is 5.32 Å². The van der Waals surface area contributed by atoms with Gasteiger partial charge >= 0.3 is 0 Å². The lowest BCUT2D eigenvalue weighted by atomic mass is 9.99. The molecule has 0 spiro atoms. The first-order valence-corrected chi connectivity index (χ1v) is 7.37. The minimum Gasteiger partial charge on any atom is -0.314 e. The summed E-state index contributed by atoms with van der Waals surface area (Å²) in [5.41, 5.74) is 0.303. The second-order valence-corrected chi connectivity index (χ2v) is 6.61. The number of hydrogen-bond donors (Lipinski definition) is 1. The van der Waals surface area contributed by atoms with Crippen molar-refractivity contribution in [1.29, 1.82) is 0 Å². The van der Waals surface area contributed by atoms with Crippen molar-refractivity contribution >= 4 is 0 Å². The van der Waals surface area contributed by atoms with Crippen LogP contribution in [0.4, 0.5) is 0 Å².